The molecule has 2 rings (SSSR count). The maximum atomic E-state index is 10.3. The lowest BCUT2D eigenvalue weighted by molar-refractivity contribution is 0.00781. The van der Waals surface area contributed by atoms with Gasteiger partial charge in [-0.15, -0.1) is 0 Å². The second kappa shape index (κ2) is 4.44. The quantitative estimate of drug-likeness (QED) is 0.795. The lowest BCUT2D eigenvalue weighted by atomic mass is 9.79. The van der Waals surface area contributed by atoms with Crippen molar-refractivity contribution in [1.29, 1.82) is 0 Å². The van der Waals surface area contributed by atoms with Gasteiger partial charge in [0.2, 0.25) is 0 Å². The van der Waals surface area contributed by atoms with Crippen LogP contribution in [-0.4, -0.2) is 30.9 Å². The number of methoxy groups -OCH3 is 1. The Morgan fingerprint density at radius 1 is 1.38 bits per heavy atom. The normalized spacial score (nSPS) is 30.1. The van der Waals surface area contributed by atoms with Crippen LogP contribution < -0.4 is 10.1 Å². The molecule has 1 fully saturated rings. The van der Waals surface area contributed by atoms with E-state index >= 15 is 0 Å². The molecule has 1 aliphatic rings. The van der Waals surface area contributed by atoms with Crippen LogP contribution >= 0.6 is 0 Å². The van der Waals surface area contributed by atoms with Gasteiger partial charge in [-0.1, -0.05) is 12.1 Å². The summed E-state index contributed by atoms with van der Waals surface area (Å²) in [5, 5.41) is 13.7. The number of nitrogens with one attached hydrogen (secondary N) is 1. The van der Waals surface area contributed by atoms with Crippen molar-refractivity contribution >= 4 is 0 Å². The standard InChI is InChI=1S/C13H19NO2/c1-13(15)7-8-14-9-12(13)10-3-5-11(16-2)6-4-10/h3-6,12,14-15H,7-9H2,1-2H3. The van der Waals surface area contributed by atoms with Crippen LogP contribution in [0.4, 0.5) is 0 Å². The molecule has 3 heteroatoms. The topological polar surface area (TPSA) is 41.5 Å². The van der Waals surface area contributed by atoms with Crippen molar-refractivity contribution in [2.24, 2.45) is 0 Å². The van der Waals surface area contributed by atoms with Crippen LogP contribution in [0.15, 0.2) is 24.3 Å². The number of rotatable bonds is 2. The van der Waals surface area contributed by atoms with E-state index in [1.165, 1.54) is 0 Å². The van der Waals surface area contributed by atoms with Gasteiger partial charge in [0.25, 0.3) is 0 Å². The van der Waals surface area contributed by atoms with Gasteiger partial charge in [0.1, 0.15) is 5.75 Å². The highest BCUT2D eigenvalue weighted by Gasteiger charge is 2.35. The van der Waals surface area contributed by atoms with Gasteiger partial charge in [-0.05, 0) is 37.6 Å². The monoisotopic (exact) mass is 221 g/mol. The second-order valence-electron chi connectivity index (χ2n) is 4.64. The van der Waals surface area contributed by atoms with Crippen molar-refractivity contribution in [2.45, 2.75) is 24.9 Å². The number of piperidine rings is 1. The zero-order chi connectivity index (χ0) is 11.6. The summed E-state index contributed by atoms with van der Waals surface area (Å²) in [7, 11) is 1.66. The van der Waals surface area contributed by atoms with E-state index in [-0.39, 0.29) is 5.92 Å². The van der Waals surface area contributed by atoms with Gasteiger partial charge >= 0.3 is 0 Å². The van der Waals surface area contributed by atoms with E-state index in [1.54, 1.807) is 7.11 Å². The lowest BCUT2D eigenvalue weighted by Crippen LogP contribution is -2.46. The highest BCUT2D eigenvalue weighted by Crippen LogP contribution is 2.33. The third kappa shape index (κ3) is 2.20. The fourth-order valence-corrected chi connectivity index (χ4v) is 2.30. The molecular weight excluding hydrogens is 202 g/mol. The Bertz CT molecular complexity index is 345. The van der Waals surface area contributed by atoms with Crippen molar-refractivity contribution in [1.82, 2.24) is 5.32 Å². The number of hydrogen-bond acceptors (Lipinski definition) is 3. The maximum Gasteiger partial charge on any atom is 0.118 e. The van der Waals surface area contributed by atoms with Crippen molar-refractivity contribution < 1.29 is 9.84 Å². The Kier molecular flexibility index (Phi) is 3.17. The molecule has 2 N–H and O–H groups in total. The summed E-state index contributed by atoms with van der Waals surface area (Å²) in [6.07, 6.45) is 0.795. The zero-order valence-corrected chi connectivity index (χ0v) is 9.86. The van der Waals surface area contributed by atoms with E-state index < -0.39 is 5.60 Å². The molecule has 2 atom stereocenters. The highest BCUT2D eigenvalue weighted by molar-refractivity contribution is 5.31. The van der Waals surface area contributed by atoms with Crippen LogP contribution in [0.25, 0.3) is 0 Å². The van der Waals surface area contributed by atoms with Gasteiger partial charge in [0, 0.05) is 12.5 Å². The predicted molar refractivity (Wildman–Crippen MR) is 63.8 cm³/mol. The van der Waals surface area contributed by atoms with Gasteiger partial charge in [0.05, 0.1) is 12.7 Å². The van der Waals surface area contributed by atoms with Crippen LogP contribution in [0.5, 0.6) is 5.75 Å². The molecule has 0 aliphatic carbocycles. The smallest absolute Gasteiger partial charge is 0.118 e. The Morgan fingerprint density at radius 2 is 2.06 bits per heavy atom. The first-order valence-electron chi connectivity index (χ1n) is 5.70. The van der Waals surface area contributed by atoms with E-state index in [0.29, 0.717) is 0 Å². The summed E-state index contributed by atoms with van der Waals surface area (Å²) < 4.78 is 5.13. The molecule has 0 bridgehead atoms. The Hall–Kier alpha value is -1.06. The first kappa shape index (κ1) is 11.4. The molecule has 1 aromatic carbocycles. The average Bonchev–Trinajstić information content (AvgIpc) is 2.29. The van der Waals surface area contributed by atoms with Gasteiger partial charge < -0.3 is 15.2 Å². The van der Waals surface area contributed by atoms with Crippen molar-refractivity contribution in [3.05, 3.63) is 29.8 Å². The molecule has 0 radical (unpaired) electrons. The number of ether oxygens (including phenoxy) is 1. The number of benzene rings is 1. The van der Waals surface area contributed by atoms with Crippen LogP contribution in [0, 0.1) is 0 Å². The second-order valence-corrected chi connectivity index (χ2v) is 4.64. The van der Waals surface area contributed by atoms with Gasteiger partial charge in [-0.25, -0.2) is 0 Å². The fraction of sp³-hybridized carbons (Fsp3) is 0.538. The molecule has 1 aromatic rings. The third-order valence-corrected chi connectivity index (χ3v) is 3.43. The maximum absolute atomic E-state index is 10.3. The van der Waals surface area contributed by atoms with Crippen LogP contribution in [0.2, 0.25) is 0 Å². The molecule has 1 heterocycles. The molecule has 0 aromatic heterocycles. The van der Waals surface area contributed by atoms with Crippen LogP contribution in [0.3, 0.4) is 0 Å². The minimum atomic E-state index is -0.611. The minimum Gasteiger partial charge on any atom is -0.497 e. The molecule has 0 amide bonds. The highest BCUT2D eigenvalue weighted by atomic mass is 16.5. The first-order valence-corrected chi connectivity index (χ1v) is 5.70. The summed E-state index contributed by atoms with van der Waals surface area (Å²) >= 11 is 0. The average molecular weight is 221 g/mol. The van der Waals surface area contributed by atoms with E-state index in [2.05, 4.69) is 5.32 Å². The van der Waals surface area contributed by atoms with Gasteiger partial charge in [-0.3, -0.25) is 0 Å². The number of hydrogen-bond donors (Lipinski definition) is 2. The molecule has 1 aliphatic heterocycles. The van der Waals surface area contributed by atoms with Gasteiger partial charge in [0.15, 0.2) is 0 Å². The largest absolute Gasteiger partial charge is 0.497 e. The molecule has 0 spiro atoms. The third-order valence-electron chi connectivity index (χ3n) is 3.43. The van der Waals surface area contributed by atoms with E-state index in [0.717, 1.165) is 30.8 Å². The van der Waals surface area contributed by atoms with E-state index in [9.17, 15) is 5.11 Å². The van der Waals surface area contributed by atoms with Crippen molar-refractivity contribution in [2.75, 3.05) is 20.2 Å². The molecular formula is C13H19NO2. The summed E-state index contributed by atoms with van der Waals surface area (Å²) in [6, 6.07) is 7.95. The van der Waals surface area contributed by atoms with E-state index in [4.69, 9.17) is 4.74 Å². The van der Waals surface area contributed by atoms with E-state index in [1.807, 2.05) is 31.2 Å². The van der Waals surface area contributed by atoms with Gasteiger partial charge in [-0.2, -0.15) is 0 Å². The summed E-state index contributed by atoms with van der Waals surface area (Å²) in [4.78, 5) is 0. The SMILES string of the molecule is COc1ccc(C2CNCCC2(C)O)cc1. The summed E-state index contributed by atoms with van der Waals surface area (Å²) in [6.45, 7) is 3.64. The summed E-state index contributed by atoms with van der Waals surface area (Å²) in [5.41, 5.74) is 0.554. The Morgan fingerprint density at radius 3 is 2.62 bits per heavy atom. The molecule has 2 unspecified atom stereocenters. The van der Waals surface area contributed by atoms with Crippen molar-refractivity contribution in [3.8, 4) is 5.75 Å². The first-order chi connectivity index (χ1) is 7.63. The lowest BCUT2D eigenvalue weighted by Gasteiger charge is -2.38. The minimum absolute atomic E-state index is 0.159. The molecule has 3 nitrogen and oxygen atoms in total. The predicted octanol–water partition coefficient (Wildman–Crippen LogP) is 1.52. The van der Waals surface area contributed by atoms with Crippen LogP contribution in [0.1, 0.15) is 24.8 Å². The molecule has 88 valence electrons. The van der Waals surface area contributed by atoms with Crippen molar-refractivity contribution in [3.63, 3.8) is 0 Å². The molecule has 0 saturated carbocycles. The Labute approximate surface area is 96.4 Å². The number of aliphatic hydroxyl groups is 1. The summed E-state index contributed by atoms with van der Waals surface area (Å²) in [5.74, 6) is 1.01. The van der Waals surface area contributed by atoms with Crippen LogP contribution in [-0.2, 0) is 0 Å². The zero-order valence-electron chi connectivity index (χ0n) is 9.86. The fourth-order valence-electron chi connectivity index (χ4n) is 2.30. The molecule has 16 heavy (non-hydrogen) atoms. The Balaban J connectivity index is 2.21. The molecule has 1 saturated heterocycles.